The average Bonchev–Trinajstić information content (AvgIpc) is 3.22. The molecule has 0 aliphatic carbocycles. The Morgan fingerprint density at radius 3 is 2.47 bits per heavy atom. The molecule has 30 heavy (non-hydrogen) atoms. The number of benzene rings is 3. The van der Waals surface area contributed by atoms with Gasteiger partial charge in [-0.2, -0.15) is 0 Å². The number of aliphatic hydroxyl groups is 1. The maximum absolute atomic E-state index is 12.6. The number of aromatic amines is 1. The van der Waals surface area contributed by atoms with Crippen LogP contribution in [0.1, 0.15) is 27.3 Å². The van der Waals surface area contributed by atoms with Crippen molar-refractivity contribution in [2.45, 2.75) is 6.42 Å². The summed E-state index contributed by atoms with van der Waals surface area (Å²) in [5.74, 6) is -0.456. The van der Waals surface area contributed by atoms with Crippen molar-refractivity contribution >= 4 is 22.7 Å². The highest BCUT2D eigenvalue weighted by molar-refractivity contribution is 5.91. The molecule has 0 aliphatic heterocycles. The molecule has 150 valence electrons. The first-order valence-electron chi connectivity index (χ1n) is 9.53. The summed E-state index contributed by atoms with van der Waals surface area (Å²) >= 11 is 0. The van der Waals surface area contributed by atoms with Gasteiger partial charge in [0.2, 0.25) is 0 Å². The predicted octanol–water partition coefficient (Wildman–Crippen LogP) is 4.20. The normalized spacial score (nSPS) is 11.9. The van der Waals surface area contributed by atoms with Gasteiger partial charge in [-0.3, -0.25) is 0 Å². The van der Waals surface area contributed by atoms with Gasteiger partial charge in [0.1, 0.15) is 5.70 Å². The van der Waals surface area contributed by atoms with Gasteiger partial charge in [-0.15, -0.1) is 0 Å². The van der Waals surface area contributed by atoms with Gasteiger partial charge >= 0.3 is 5.97 Å². The second-order valence-corrected chi connectivity index (χ2v) is 6.86. The molecule has 1 heterocycles. The van der Waals surface area contributed by atoms with Crippen molar-refractivity contribution in [3.8, 4) is 0 Å². The molecule has 0 aliphatic rings. The molecule has 0 fully saturated rings. The number of rotatable bonds is 6. The van der Waals surface area contributed by atoms with E-state index in [1.165, 1.54) is 0 Å². The summed E-state index contributed by atoms with van der Waals surface area (Å²) in [5.41, 5.74) is 9.97. The molecule has 4 rings (SSSR count). The number of carbonyl (C=O) groups excluding carboxylic acids is 1. The van der Waals surface area contributed by atoms with E-state index in [0.29, 0.717) is 17.8 Å². The second-order valence-electron chi connectivity index (χ2n) is 6.86. The Morgan fingerprint density at radius 2 is 1.67 bits per heavy atom. The maximum Gasteiger partial charge on any atom is 0.338 e. The lowest BCUT2D eigenvalue weighted by atomic mass is 10.00. The molecule has 0 radical (unpaired) electrons. The molecular formula is C24H21N3O3. The van der Waals surface area contributed by atoms with Gasteiger partial charge in [0.05, 0.1) is 16.6 Å². The van der Waals surface area contributed by atoms with Crippen LogP contribution in [0.25, 0.3) is 16.7 Å². The van der Waals surface area contributed by atoms with Gasteiger partial charge in [0, 0.05) is 0 Å². The molecule has 0 saturated heterocycles. The molecule has 4 N–H and O–H groups in total. The zero-order valence-electron chi connectivity index (χ0n) is 16.2. The number of nitrogens with zero attached hydrogens (tertiary/aromatic N) is 1. The topological polar surface area (TPSA) is 101 Å². The maximum atomic E-state index is 12.6. The van der Waals surface area contributed by atoms with E-state index in [4.69, 9.17) is 10.5 Å². The summed E-state index contributed by atoms with van der Waals surface area (Å²) in [5, 5.41) is 10.3. The highest BCUT2D eigenvalue weighted by atomic mass is 16.5. The number of nitrogens with two attached hydrogens (primary N) is 1. The van der Waals surface area contributed by atoms with Crippen molar-refractivity contribution in [3.05, 3.63) is 107 Å². The molecule has 0 spiro atoms. The summed E-state index contributed by atoms with van der Waals surface area (Å²) < 4.78 is 5.32. The smallest absolute Gasteiger partial charge is 0.338 e. The van der Waals surface area contributed by atoms with Crippen LogP contribution in [0, 0.1) is 0 Å². The van der Waals surface area contributed by atoms with E-state index in [9.17, 15) is 9.90 Å². The van der Waals surface area contributed by atoms with Crippen LogP contribution in [0.15, 0.2) is 84.6 Å². The van der Waals surface area contributed by atoms with Gasteiger partial charge in [0.15, 0.2) is 18.2 Å². The van der Waals surface area contributed by atoms with Gasteiger partial charge < -0.3 is 20.6 Å². The fourth-order valence-electron chi connectivity index (χ4n) is 3.20. The van der Waals surface area contributed by atoms with Crippen LogP contribution in [0.3, 0.4) is 0 Å². The lowest BCUT2D eigenvalue weighted by molar-refractivity contribution is 0.0501. The number of aromatic nitrogens is 2. The molecule has 0 unspecified atom stereocenters. The minimum atomic E-state index is -0.523. The summed E-state index contributed by atoms with van der Waals surface area (Å²) in [4.78, 5) is 20.0. The van der Waals surface area contributed by atoms with Crippen LogP contribution in [0.5, 0.6) is 0 Å². The third-order valence-electron chi connectivity index (χ3n) is 4.77. The van der Waals surface area contributed by atoms with E-state index in [0.717, 1.165) is 22.2 Å². The Morgan fingerprint density at radius 1 is 0.967 bits per heavy atom. The van der Waals surface area contributed by atoms with E-state index >= 15 is 0 Å². The molecule has 3 aromatic carbocycles. The van der Waals surface area contributed by atoms with Crippen molar-refractivity contribution in [2.75, 3.05) is 6.61 Å². The number of imidazole rings is 1. The molecule has 4 aromatic rings. The third-order valence-corrected chi connectivity index (χ3v) is 4.77. The van der Waals surface area contributed by atoms with E-state index in [1.807, 2.05) is 66.7 Å². The molecule has 0 bridgehead atoms. The number of aliphatic hydroxyl groups excluding tert-OH is 1. The van der Waals surface area contributed by atoms with Gasteiger partial charge in [-0.1, -0.05) is 60.7 Å². The van der Waals surface area contributed by atoms with Crippen LogP contribution in [-0.2, 0) is 11.2 Å². The van der Waals surface area contributed by atoms with Gasteiger partial charge in [-0.25, -0.2) is 9.78 Å². The SMILES string of the molecule is NC(=C(O)COC(=O)c1ccccc1Cc1ccccc1)c1nc2ccccc2[nH]1. The van der Waals surface area contributed by atoms with E-state index < -0.39 is 5.97 Å². The molecule has 6 nitrogen and oxygen atoms in total. The van der Waals surface area contributed by atoms with Crippen LogP contribution < -0.4 is 5.73 Å². The number of H-pyrrole nitrogens is 1. The first-order valence-corrected chi connectivity index (χ1v) is 9.53. The number of nitrogens with one attached hydrogen (secondary N) is 1. The first kappa shape index (κ1) is 19.3. The van der Waals surface area contributed by atoms with Crippen molar-refractivity contribution in [1.29, 1.82) is 0 Å². The molecule has 0 saturated carbocycles. The Labute approximate surface area is 173 Å². The number of fused-ring (bicyclic) bond motifs is 1. The summed E-state index contributed by atoms with van der Waals surface area (Å²) in [6.45, 7) is -0.346. The minimum Gasteiger partial charge on any atom is -0.507 e. The quantitative estimate of drug-likeness (QED) is 0.333. The zero-order chi connectivity index (χ0) is 20.9. The highest BCUT2D eigenvalue weighted by Gasteiger charge is 2.16. The number of carbonyl (C=O) groups is 1. The van der Waals surface area contributed by atoms with E-state index in [1.54, 1.807) is 12.1 Å². The van der Waals surface area contributed by atoms with Crippen LogP contribution in [0.2, 0.25) is 0 Å². The number of hydrogen-bond donors (Lipinski definition) is 3. The number of ether oxygens (including phenoxy) is 1. The summed E-state index contributed by atoms with van der Waals surface area (Å²) in [7, 11) is 0. The summed E-state index contributed by atoms with van der Waals surface area (Å²) in [6.07, 6.45) is 0.606. The predicted molar refractivity (Wildman–Crippen MR) is 116 cm³/mol. The van der Waals surface area contributed by atoms with Crippen LogP contribution in [0.4, 0.5) is 0 Å². The Kier molecular flexibility index (Phi) is 5.48. The zero-order valence-corrected chi connectivity index (χ0v) is 16.2. The number of para-hydroxylation sites is 2. The number of hydrogen-bond acceptors (Lipinski definition) is 5. The monoisotopic (exact) mass is 399 g/mol. The van der Waals surface area contributed by atoms with Crippen LogP contribution in [-0.4, -0.2) is 27.7 Å². The van der Waals surface area contributed by atoms with Gasteiger partial charge in [-0.05, 0) is 35.7 Å². The lowest BCUT2D eigenvalue weighted by Crippen LogP contribution is -2.13. The van der Waals surface area contributed by atoms with Crippen LogP contribution >= 0.6 is 0 Å². The third kappa shape index (κ3) is 4.17. The second kappa shape index (κ2) is 8.53. The van der Waals surface area contributed by atoms with E-state index in [-0.39, 0.29) is 18.1 Å². The molecular weight excluding hydrogens is 378 g/mol. The number of esters is 1. The van der Waals surface area contributed by atoms with Crippen molar-refractivity contribution in [3.63, 3.8) is 0 Å². The summed E-state index contributed by atoms with van der Waals surface area (Å²) in [6, 6.07) is 24.6. The standard InChI is InChI=1S/C24H21N3O3/c25-22(23-26-19-12-6-7-13-20(19)27-23)21(28)15-30-24(29)18-11-5-4-10-17(18)14-16-8-2-1-3-9-16/h1-13,28H,14-15,25H2,(H,26,27). The molecule has 0 amide bonds. The molecule has 1 aromatic heterocycles. The minimum absolute atomic E-state index is 0.0385. The Hall–Kier alpha value is -4.06. The molecule has 6 heteroatoms. The largest absolute Gasteiger partial charge is 0.507 e. The molecule has 0 atom stereocenters. The fourth-order valence-corrected chi connectivity index (χ4v) is 3.20. The average molecular weight is 399 g/mol. The Balaban J connectivity index is 1.48. The Bertz CT molecular complexity index is 1180. The highest BCUT2D eigenvalue weighted by Crippen LogP contribution is 2.18. The van der Waals surface area contributed by atoms with Crippen molar-refractivity contribution in [1.82, 2.24) is 9.97 Å². The van der Waals surface area contributed by atoms with E-state index in [2.05, 4.69) is 9.97 Å². The fraction of sp³-hybridized carbons (Fsp3) is 0.0833. The lowest BCUT2D eigenvalue weighted by Gasteiger charge is -2.10. The van der Waals surface area contributed by atoms with Crippen molar-refractivity contribution < 1.29 is 14.6 Å². The first-order chi connectivity index (χ1) is 14.6. The van der Waals surface area contributed by atoms with Crippen molar-refractivity contribution in [2.24, 2.45) is 5.73 Å². The van der Waals surface area contributed by atoms with Gasteiger partial charge in [0.25, 0.3) is 0 Å².